The second-order valence-electron chi connectivity index (χ2n) is 4.85. The van der Waals surface area contributed by atoms with Crippen LogP contribution < -0.4 is 0 Å². The number of hydrogen-bond acceptors (Lipinski definition) is 5. The van der Waals surface area contributed by atoms with Crippen molar-refractivity contribution in [1.29, 1.82) is 0 Å². The van der Waals surface area contributed by atoms with Crippen molar-refractivity contribution in [3.8, 4) is 0 Å². The van der Waals surface area contributed by atoms with Gasteiger partial charge in [0.15, 0.2) is 5.82 Å². The Kier molecular flexibility index (Phi) is 3.23. The molecule has 0 aliphatic heterocycles. The van der Waals surface area contributed by atoms with Crippen molar-refractivity contribution >= 4 is 5.97 Å². The van der Waals surface area contributed by atoms with E-state index in [0.717, 1.165) is 12.8 Å². The highest BCUT2D eigenvalue weighted by Crippen LogP contribution is 2.52. The molecule has 1 saturated carbocycles. The molecule has 0 radical (unpaired) electrons. The summed E-state index contributed by atoms with van der Waals surface area (Å²) in [5.74, 6) is -0.0613. The van der Waals surface area contributed by atoms with Gasteiger partial charge in [0.1, 0.15) is 13.2 Å². The number of aliphatic carboxylic acids is 1. The van der Waals surface area contributed by atoms with Crippen molar-refractivity contribution in [2.24, 2.45) is 0 Å². The lowest BCUT2D eigenvalue weighted by atomic mass is 9.95. The Hall–Kier alpha value is -2.21. The third-order valence-electron chi connectivity index (χ3n) is 3.42. The Labute approximate surface area is 115 Å². The molecule has 0 atom stereocenters. The van der Waals surface area contributed by atoms with Crippen LogP contribution in [-0.2, 0) is 21.6 Å². The number of carboxylic acids is 1. The molecule has 3 rings (SSSR count). The summed E-state index contributed by atoms with van der Waals surface area (Å²) in [6.07, 6.45) is 1.98. The number of hydrogen-bond donors (Lipinski definition) is 1. The zero-order valence-corrected chi connectivity index (χ0v) is 10.8. The highest BCUT2D eigenvalue weighted by atomic mass is 16.5. The largest absolute Gasteiger partial charge is 0.480 e. The maximum atomic E-state index is 10.4. The molecule has 1 aromatic heterocycles. The molecular formula is C14H14N2O4. The minimum absolute atomic E-state index is 0.0180. The highest BCUT2D eigenvalue weighted by Gasteiger charge is 2.49. The van der Waals surface area contributed by atoms with Gasteiger partial charge in [-0.3, -0.25) is 0 Å². The van der Waals surface area contributed by atoms with Gasteiger partial charge in [-0.05, 0) is 18.4 Å². The SMILES string of the molecule is O=C(O)COCc1nc(C2(c3ccccc3)CC2)no1. The van der Waals surface area contributed by atoms with E-state index in [1.165, 1.54) is 5.56 Å². The zero-order valence-electron chi connectivity index (χ0n) is 10.8. The molecule has 1 N–H and O–H groups in total. The summed E-state index contributed by atoms with van der Waals surface area (Å²) in [5.41, 5.74) is 1.04. The van der Waals surface area contributed by atoms with Crippen LogP contribution in [-0.4, -0.2) is 27.8 Å². The summed E-state index contributed by atoms with van der Waals surface area (Å²) in [7, 11) is 0. The Morgan fingerprint density at radius 1 is 1.35 bits per heavy atom. The monoisotopic (exact) mass is 274 g/mol. The summed E-state index contributed by atoms with van der Waals surface area (Å²) in [4.78, 5) is 14.7. The van der Waals surface area contributed by atoms with Crippen molar-refractivity contribution in [2.75, 3.05) is 6.61 Å². The molecule has 1 heterocycles. The Morgan fingerprint density at radius 2 is 2.10 bits per heavy atom. The molecule has 6 heteroatoms. The maximum absolute atomic E-state index is 10.4. The normalized spacial score (nSPS) is 16.0. The van der Waals surface area contributed by atoms with Crippen LogP contribution in [0.25, 0.3) is 0 Å². The molecule has 6 nitrogen and oxygen atoms in total. The quantitative estimate of drug-likeness (QED) is 0.863. The van der Waals surface area contributed by atoms with Gasteiger partial charge in [0.25, 0.3) is 5.89 Å². The Morgan fingerprint density at radius 3 is 2.75 bits per heavy atom. The van der Waals surface area contributed by atoms with Crippen LogP contribution >= 0.6 is 0 Å². The fourth-order valence-electron chi connectivity index (χ4n) is 2.26. The number of carbonyl (C=O) groups is 1. The first-order valence-corrected chi connectivity index (χ1v) is 6.39. The maximum Gasteiger partial charge on any atom is 0.329 e. The van der Waals surface area contributed by atoms with Crippen LogP contribution in [0, 0.1) is 0 Å². The van der Waals surface area contributed by atoms with Gasteiger partial charge < -0.3 is 14.4 Å². The van der Waals surface area contributed by atoms with Gasteiger partial charge in [-0.1, -0.05) is 35.5 Å². The first-order valence-electron chi connectivity index (χ1n) is 6.39. The van der Waals surface area contributed by atoms with E-state index in [1.54, 1.807) is 0 Å². The van der Waals surface area contributed by atoms with E-state index in [-0.39, 0.29) is 18.6 Å². The van der Waals surface area contributed by atoms with Gasteiger partial charge in [0, 0.05) is 0 Å². The number of benzene rings is 1. The second-order valence-corrected chi connectivity index (χ2v) is 4.85. The van der Waals surface area contributed by atoms with E-state index >= 15 is 0 Å². The summed E-state index contributed by atoms with van der Waals surface area (Å²) in [6, 6.07) is 10.1. The molecule has 0 saturated heterocycles. The highest BCUT2D eigenvalue weighted by molar-refractivity contribution is 5.67. The Bertz CT molecular complexity index is 605. The number of aromatic nitrogens is 2. The molecule has 1 aliphatic carbocycles. The summed E-state index contributed by atoms with van der Waals surface area (Å²) in [5, 5.41) is 12.5. The van der Waals surface area contributed by atoms with Crippen molar-refractivity contribution in [1.82, 2.24) is 10.1 Å². The molecular weight excluding hydrogens is 260 g/mol. The van der Waals surface area contributed by atoms with Crippen molar-refractivity contribution in [3.63, 3.8) is 0 Å². The molecule has 1 fully saturated rings. The van der Waals surface area contributed by atoms with E-state index in [0.29, 0.717) is 11.7 Å². The van der Waals surface area contributed by atoms with E-state index in [1.807, 2.05) is 18.2 Å². The fourth-order valence-corrected chi connectivity index (χ4v) is 2.26. The van der Waals surface area contributed by atoms with E-state index in [9.17, 15) is 4.79 Å². The molecule has 0 bridgehead atoms. The first-order chi connectivity index (χ1) is 9.71. The minimum atomic E-state index is -1.02. The predicted octanol–water partition coefficient (Wildman–Crippen LogP) is 1.75. The molecule has 20 heavy (non-hydrogen) atoms. The summed E-state index contributed by atoms with van der Waals surface area (Å²) < 4.78 is 10.1. The standard InChI is InChI=1S/C14H14N2O4/c17-12(18)9-19-8-11-15-13(16-20-11)14(6-7-14)10-4-2-1-3-5-10/h1-5H,6-9H2,(H,17,18). The topological polar surface area (TPSA) is 85.5 Å². The van der Waals surface area contributed by atoms with Crippen molar-refractivity contribution in [3.05, 3.63) is 47.6 Å². The summed E-state index contributed by atoms with van der Waals surface area (Å²) >= 11 is 0. The molecule has 2 aromatic rings. The average molecular weight is 274 g/mol. The fraction of sp³-hybridized carbons (Fsp3) is 0.357. The van der Waals surface area contributed by atoms with Crippen LogP contribution in [0.3, 0.4) is 0 Å². The molecule has 1 aromatic carbocycles. The van der Waals surface area contributed by atoms with Gasteiger partial charge in [-0.25, -0.2) is 4.79 Å². The van der Waals surface area contributed by atoms with Crippen LogP contribution in [0.15, 0.2) is 34.9 Å². The predicted molar refractivity (Wildman–Crippen MR) is 68.0 cm³/mol. The van der Waals surface area contributed by atoms with Gasteiger partial charge in [-0.15, -0.1) is 0 Å². The van der Waals surface area contributed by atoms with Crippen molar-refractivity contribution in [2.45, 2.75) is 24.9 Å². The molecule has 0 spiro atoms. The first kappa shape index (κ1) is 12.8. The molecule has 0 unspecified atom stereocenters. The lowest BCUT2D eigenvalue weighted by Crippen LogP contribution is -2.11. The average Bonchev–Trinajstić information content (AvgIpc) is 3.13. The minimum Gasteiger partial charge on any atom is -0.480 e. The lowest BCUT2D eigenvalue weighted by Gasteiger charge is -2.09. The van der Waals surface area contributed by atoms with Gasteiger partial charge in [0.05, 0.1) is 5.41 Å². The third kappa shape index (κ3) is 2.42. The zero-order chi connectivity index (χ0) is 14.0. The Balaban J connectivity index is 1.72. The molecule has 1 aliphatic rings. The van der Waals surface area contributed by atoms with Crippen LogP contribution in [0.5, 0.6) is 0 Å². The lowest BCUT2D eigenvalue weighted by molar-refractivity contribution is -0.142. The number of nitrogens with zero attached hydrogens (tertiary/aromatic N) is 2. The summed E-state index contributed by atoms with van der Waals surface area (Å²) in [6.45, 7) is -0.355. The number of rotatable bonds is 6. The molecule has 104 valence electrons. The van der Waals surface area contributed by atoms with Crippen molar-refractivity contribution < 1.29 is 19.2 Å². The number of ether oxygens (including phenoxy) is 1. The van der Waals surface area contributed by atoms with E-state index in [2.05, 4.69) is 22.3 Å². The van der Waals surface area contributed by atoms with Gasteiger partial charge in [-0.2, -0.15) is 4.98 Å². The molecule has 0 amide bonds. The van der Waals surface area contributed by atoms with Gasteiger partial charge in [0.2, 0.25) is 0 Å². The third-order valence-corrected chi connectivity index (χ3v) is 3.42. The smallest absolute Gasteiger partial charge is 0.329 e. The van der Waals surface area contributed by atoms with Crippen LogP contribution in [0.2, 0.25) is 0 Å². The number of carboxylic acid groups (broad SMARTS) is 1. The van der Waals surface area contributed by atoms with Crippen LogP contribution in [0.1, 0.15) is 30.1 Å². The second kappa shape index (κ2) is 5.05. The van der Waals surface area contributed by atoms with Gasteiger partial charge >= 0.3 is 5.97 Å². The van der Waals surface area contributed by atoms with E-state index in [4.69, 9.17) is 14.4 Å². The van der Waals surface area contributed by atoms with Crippen LogP contribution in [0.4, 0.5) is 0 Å². The van der Waals surface area contributed by atoms with E-state index < -0.39 is 5.97 Å².